The fourth-order valence-corrected chi connectivity index (χ4v) is 2.47. The second-order valence-corrected chi connectivity index (χ2v) is 5.95. The zero-order valence-corrected chi connectivity index (χ0v) is 15.5. The molecular weight excluding hydrogens is 353 g/mol. The fourth-order valence-electron chi connectivity index (χ4n) is 2.47. The van der Waals surface area contributed by atoms with Crippen molar-refractivity contribution in [2.45, 2.75) is 20.8 Å². The molecule has 0 unspecified atom stereocenters. The third-order valence-corrected chi connectivity index (χ3v) is 3.89. The highest BCUT2D eigenvalue weighted by Gasteiger charge is 2.14. The standard InChI is InChI=1S/C19H20FN3O4/c1-11-15(12(2)23(4)22-11)7-8-19(26)27-10-18(25)16-6-5-14(9-17(16)20)21-13(3)24/h5-9H,10H2,1-4H3,(H,21,24)/b8-7+. The molecule has 2 rings (SSSR count). The van der Waals surface area contributed by atoms with Gasteiger partial charge in [0.15, 0.2) is 6.61 Å². The van der Waals surface area contributed by atoms with E-state index in [1.165, 1.54) is 25.1 Å². The van der Waals surface area contributed by atoms with Crippen LogP contribution in [0.4, 0.5) is 10.1 Å². The summed E-state index contributed by atoms with van der Waals surface area (Å²) >= 11 is 0. The van der Waals surface area contributed by atoms with Gasteiger partial charge in [-0.3, -0.25) is 14.3 Å². The number of carbonyl (C=O) groups is 3. The molecule has 0 spiro atoms. The van der Waals surface area contributed by atoms with E-state index in [1.807, 2.05) is 13.8 Å². The van der Waals surface area contributed by atoms with Crippen LogP contribution >= 0.6 is 0 Å². The SMILES string of the molecule is CC(=O)Nc1ccc(C(=O)COC(=O)/C=C/c2c(C)nn(C)c2C)c(F)c1. The van der Waals surface area contributed by atoms with Crippen LogP contribution in [0.25, 0.3) is 6.08 Å². The second kappa shape index (κ2) is 8.39. The molecule has 27 heavy (non-hydrogen) atoms. The van der Waals surface area contributed by atoms with Gasteiger partial charge in [-0.15, -0.1) is 0 Å². The number of nitrogens with one attached hydrogen (secondary N) is 1. The maximum Gasteiger partial charge on any atom is 0.331 e. The van der Waals surface area contributed by atoms with Crippen molar-refractivity contribution in [2.75, 3.05) is 11.9 Å². The van der Waals surface area contributed by atoms with Crippen molar-refractivity contribution >= 4 is 29.4 Å². The van der Waals surface area contributed by atoms with Crippen LogP contribution in [-0.2, 0) is 21.4 Å². The summed E-state index contributed by atoms with van der Waals surface area (Å²) in [5, 5.41) is 6.64. The highest BCUT2D eigenvalue weighted by Crippen LogP contribution is 2.16. The minimum atomic E-state index is -0.806. The number of ketones is 1. The normalized spacial score (nSPS) is 10.9. The van der Waals surface area contributed by atoms with E-state index in [4.69, 9.17) is 4.74 Å². The van der Waals surface area contributed by atoms with Crippen molar-refractivity contribution < 1.29 is 23.5 Å². The molecule has 8 heteroatoms. The second-order valence-electron chi connectivity index (χ2n) is 5.95. The molecule has 0 aliphatic heterocycles. The molecule has 1 aromatic carbocycles. The Balaban J connectivity index is 1.97. The minimum absolute atomic E-state index is 0.222. The third kappa shape index (κ3) is 5.10. The summed E-state index contributed by atoms with van der Waals surface area (Å²) in [6, 6.07) is 3.66. The predicted molar refractivity (Wildman–Crippen MR) is 97.7 cm³/mol. The van der Waals surface area contributed by atoms with Crippen molar-refractivity contribution in [3.05, 3.63) is 52.6 Å². The molecular formula is C19H20FN3O4. The molecule has 1 aromatic heterocycles. The Bertz CT molecular complexity index is 931. The van der Waals surface area contributed by atoms with Crippen LogP contribution in [0.2, 0.25) is 0 Å². The number of esters is 1. The van der Waals surface area contributed by atoms with Gasteiger partial charge in [0, 0.05) is 37.0 Å². The predicted octanol–water partition coefficient (Wildman–Crippen LogP) is 2.57. The molecule has 0 radical (unpaired) electrons. The quantitative estimate of drug-likeness (QED) is 0.477. The Kier molecular flexibility index (Phi) is 6.23. The molecule has 7 nitrogen and oxygen atoms in total. The van der Waals surface area contributed by atoms with Crippen molar-refractivity contribution in [2.24, 2.45) is 7.05 Å². The monoisotopic (exact) mass is 373 g/mol. The van der Waals surface area contributed by atoms with E-state index >= 15 is 0 Å². The molecule has 0 fully saturated rings. The van der Waals surface area contributed by atoms with E-state index < -0.39 is 24.2 Å². The first-order valence-corrected chi connectivity index (χ1v) is 8.14. The summed E-state index contributed by atoms with van der Waals surface area (Å²) in [4.78, 5) is 34.8. The number of benzene rings is 1. The first kappa shape index (κ1) is 20.0. The number of hydrogen-bond acceptors (Lipinski definition) is 5. The Morgan fingerprint density at radius 1 is 1.30 bits per heavy atom. The van der Waals surface area contributed by atoms with E-state index in [9.17, 15) is 18.8 Å². The topological polar surface area (TPSA) is 90.3 Å². The lowest BCUT2D eigenvalue weighted by Gasteiger charge is -2.06. The number of rotatable bonds is 6. The van der Waals surface area contributed by atoms with Crippen LogP contribution in [0.1, 0.15) is 34.2 Å². The summed E-state index contributed by atoms with van der Waals surface area (Å²) in [5.41, 5.74) is 2.45. The van der Waals surface area contributed by atoms with Gasteiger partial charge in [0.25, 0.3) is 0 Å². The van der Waals surface area contributed by atoms with Gasteiger partial charge in [-0.1, -0.05) is 0 Å². The van der Waals surface area contributed by atoms with Crippen LogP contribution in [0.5, 0.6) is 0 Å². The number of nitrogens with zero attached hydrogens (tertiary/aromatic N) is 2. The molecule has 0 aliphatic carbocycles. The van der Waals surface area contributed by atoms with E-state index in [1.54, 1.807) is 17.8 Å². The first-order chi connectivity index (χ1) is 12.7. The maximum atomic E-state index is 14.0. The van der Waals surface area contributed by atoms with Gasteiger partial charge in [-0.05, 0) is 38.1 Å². The summed E-state index contributed by atoms with van der Waals surface area (Å²) in [6.07, 6.45) is 2.76. The van der Waals surface area contributed by atoms with E-state index in [0.717, 1.165) is 23.0 Å². The van der Waals surface area contributed by atoms with Crippen LogP contribution < -0.4 is 5.32 Å². The van der Waals surface area contributed by atoms with Gasteiger partial charge in [-0.2, -0.15) is 5.10 Å². The largest absolute Gasteiger partial charge is 0.454 e. The molecule has 1 N–H and O–H groups in total. The lowest BCUT2D eigenvalue weighted by Crippen LogP contribution is -2.14. The number of hydrogen-bond donors (Lipinski definition) is 1. The van der Waals surface area contributed by atoms with E-state index in [2.05, 4.69) is 10.4 Å². The minimum Gasteiger partial charge on any atom is -0.454 e. The summed E-state index contributed by atoms with van der Waals surface area (Å²) in [6.45, 7) is 4.37. The van der Waals surface area contributed by atoms with Gasteiger partial charge in [0.2, 0.25) is 11.7 Å². The van der Waals surface area contributed by atoms with Crippen LogP contribution in [-0.4, -0.2) is 34.0 Å². The number of amides is 1. The molecule has 0 atom stereocenters. The van der Waals surface area contributed by atoms with Crippen LogP contribution in [0, 0.1) is 19.7 Å². The smallest absolute Gasteiger partial charge is 0.331 e. The van der Waals surface area contributed by atoms with E-state index in [-0.39, 0.29) is 17.2 Å². The lowest BCUT2D eigenvalue weighted by atomic mass is 10.1. The Labute approximate surface area is 155 Å². The van der Waals surface area contributed by atoms with Gasteiger partial charge < -0.3 is 10.1 Å². The number of Topliss-reactive ketones (excluding diaryl/α,β-unsaturated/α-hetero) is 1. The zero-order chi connectivity index (χ0) is 20.1. The lowest BCUT2D eigenvalue weighted by molar-refractivity contribution is -0.136. The Morgan fingerprint density at radius 3 is 2.56 bits per heavy atom. The highest BCUT2D eigenvalue weighted by atomic mass is 19.1. The number of aryl methyl sites for hydroxylation is 2. The number of ether oxygens (including phenoxy) is 1. The highest BCUT2D eigenvalue weighted by molar-refractivity contribution is 5.99. The molecule has 0 aliphatic rings. The van der Waals surface area contributed by atoms with Gasteiger partial charge in [0.05, 0.1) is 11.3 Å². The molecule has 0 saturated heterocycles. The fraction of sp³-hybridized carbons (Fsp3) is 0.263. The van der Waals surface area contributed by atoms with Crippen molar-refractivity contribution in [1.82, 2.24) is 9.78 Å². The third-order valence-electron chi connectivity index (χ3n) is 3.89. The molecule has 142 valence electrons. The van der Waals surface area contributed by atoms with Crippen molar-refractivity contribution in [3.8, 4) is 0 Å². The number of anilines is 1. The number of halogens is 1. The first-order valence-electron chi connectivity index (χ1n) is 8.14. The molecule has 0 bridgehead atoms. The summed E-state index contributed by atoms with van der Waals surface area (Å²) < 4.78 is 20.6. The average Bonchev–Trinajstić information content (AvgIpc) is 2.82. The Hall–Kier alpha value is -3.29. The van der Waals surface area contributed by atoms with Crippen molar-refractivity contribution in [3.63, 3.8) is 0 Å². The van der Waals surface area contributed by atoms with Gasteiger partial charge >= 0.3 is 5.97 Å². The summed E-state index contributed by atoms with van der Waals surface area (Å²) in [5.74, 6) is -2.56. The Morgan fingerprint density at radius 2 is 2.00 bits per heavy atom. The molecule has 2 aromatic rings. The molecule has 1 amide bonds. The van der Waals surface area contributed by atoms with Gasteiger partial charge in [-0.25, -0.2) is 9.18 Å². The van der Waals surface area contributed by atoms with Crippen LogP contribution in [0.3, 0.4) is 0 Å². The number of carbonyl (C=O) groups excluding carboxylic acids is 3. The average molecular weight is 373 g/mol. The van der Waals surface area contributed by atoms with E-state index in [0.29, 0.717) is 0 Å². The van der Waals surface area contributed by atoms with Gasteiger partial charge in [0.1, 0.15) is 5.82 Å². The summed E-state index contributed by atoms with van der Waals surface area (Å²) in [7, 11) is 1.79. The van der Waals surface area contributed by atoms with Crippen LogP contribution in [0.15, 0.2) is 24.3 Å². The molecule has 1 heterocycles. The van der Waals surface area contributed by atoms with Crippen molar-refractivity contribution in [1.29, 1.82) is 0 Å². The molecule has 0 saturated carbocycles. The maximum absolute atomic E-state index is 14.0. The zero-order valence-electron chi connectivity index (χ0n) is 15.5. The number of aromatic nitrogens is 2.